The van der Waals surface area contributed by atoms with E-state index in [9.17, 15) is 18.0 Å². The molecule has 0 aliphatic rings. The Morgan fingerprint density at radius 2 is 1.51 bits per heavy atom. The summed E-state index contributed by atoms with van der Waals surface area (Å²) < 4.78 is 29.1. The Bertz CT molecular complexity index is 1420. The van der Waals surface area contributed by atoms with Crippen molar-refractivity contribution in [2.75, 3.05) is 10.8 Å². The predicted octanol–water partition coefficient (Wildman–Crippen LogP) is 5.40. The van der Waals surface area contributed by atoms with Crippen LogP contribution in [0.2, 0.25) is 5.02 Å². The Morgan fingerprint density at radius 1 is 0.897 bits per heavy atom. The minimum absolute atomic E-state index is 0.0802. The lowest BCUT2D eigenvalue weighted by Crippen LogP contribution is -2.52. The zero-order chi connectivity index (χ0) is 28.9. The molecule has 0 saturated carbocycles. The van der Waals surface area contributed by atoms with E-state index in [1.807, 2.05) is 40.7 Å². The number of anilines is 1. The van der Waals surface area contributed by atoms with Gasteiger partial charge in [0.2, 0.25) is 11.8 Å². The average Bonchev–Trinajstić information content (AvgIpc) is 2.88. The van der Waals surface area contributed by atoms with Gasteiger partial charge in [-0.15, -0.1) is 0 Å². The summed E-state index contributed by atoms with van der Waals surface area (Å²) in [5.41, 5.74) is 3.73. The lowest BCUT2D eigenvalue weighted by atomic mass is 10.1. The van der Waals surface area contributed by atoms with Crippen molar-refractivity contribution in [2.45, 2.75) is 65.1 Å². The first-order valence-corrected chi connectivity index (χ1v) is 14.6. The van der Waals surface area contributed by atoms with Gasteiger partial charge in [0.05, 0.1) is 10.6 Å². The van der Waals surface area contributed by atoms with Gasteiger partial charge in [0.25, 0.3) is 10.0 Å². The Morgan fingerprint density at radius 3 is 2.10 bits per heavy atom. The van der Waals surface area contributed by atoms with Gasteiger partial charge in [-0.1, -0.05) is 53.6 Å². The van der Waals surface area contributed by atoms with Crippen molar-refractivity contribution in [2.24, 2.45) is 0 Å². The second kappa shape index (κ2) is 12.7. The molecule has 2 amide bonds. The molecule has 9 heteroatoms. The second-order valence-electron chi connectivity index (χ2n) is 10.0. The van der Waals surface area contributed by atoms with E-state index in [2.05, 4.69) is 5.32 Å². The van der Waals surface area contributed by atoms with Crippen LogP contribution in [0.15, 0.2) is 71.6 Å². The first-order valence-electron chi connectivity index (χ1n) is 12.8. The predicted molar refractivity (Wildman–Crippen MR) is 156 cm³/mol. The first kappa shape index (κ1) is 30.2. The van der Waals surface area contributed by atoms with E-state index >= 15 is 0 Å². The first-order chi connectivity index (χ1) is 18.3. The van der Waals surface area contributed by atoms with Crippen LogP contribution in [0.4, 0.5) is 5.69 Å². The maximum atomic E-state index is 14.0. The Hall–Kier alpha value is -3.36. The molecule has 0 saturated heterocycles. The molecule has 0 aliphatic heterocycles. The lowest BCUT2D eigenvalue weighted by molar-refractivity contribution is -0.139. The number of halogens is 1. The highest BCUT2D eigenvalue weighted by Gasteiger charge is 2.33. The molecule has 1 atom stereocenters. The zero-order valence-corrected chi connectivity index (χ0v) is 24.8. The number of nitrogens with zero attached hydrogens (tertiary/aromatic N) is 2. The summed E-state index contributed by atoms with van der Waals surface area (Å²) in [4.78, 5) is 28.4. The number of sulfonamides is 1. The molecule has 3 rings (SSSR count). The van der Waals surface area contributed by atoms with Crippen molar-refractivity contribution < 1.29 is 18.0 Å². The fourth-order valence-electron chi connectivity index (χ4n) is 4.13. The van der Waals surface area contributed by atoms with Crippen LogP contribution in [0.25, 0.3) is 0 Å². The van der Waals surface area contributed by atoms with E-state index in [1.54, 1.807) is 55.5 Å². The van der Waals surface area contributed by atoms with Gasteiger partial charge in [0.1, 0.15) is 12.6 Å². The number of hydrogen-bond acceptors (Lipinski definition) is 4. The van der Waals surface area contributed by atoms with E-state index in [4.69, 9.17) is 11.6 Å². The SMILES string of the molecule is Cc1ccc(S(=O)(=O)N(CC(=O)N(Cc2ccc(Cl)cc2)[C@H](C)C(=O)NC(C)C)c2cccc(C)c2C)cc1. The molecule has 0 unspecified atom stereocenters. The van der Waals surface area contributed by atoms with Gasteiger partial charge in [-0.2, -0.15) is 0 Å². The summed E-state index contributed by atoms with van der Waals surface area (Å²) in [6.07, 6.45) is 0. The molecule has 39 heavy (non-hydrogen) atoms. The van der Waals surface area contributed by atoms with Crippen molar-refractivity contribution in [1.82, 2.24) is 10.2 Å². The lowest BCUT2D eigenvalue weighted by Gasteiger charge is -2.33. The van der Waals surface area contributed by atoms with Crippen LogP contribution in [0, 0.1) is 20.8 Å². The molecule has 0 bridgehead atoms. The summed E-state index contributed by atoms with van der Waals surface area (Å²) in [6, 6.07) is 17.9. The van der Waals surface area contributed by atoms with Crippen LogP contribution in [0.1, 0.15) is 43.0 Å². The van der Waals surface area contributed by atoms with Gasteiger partial charge >= 0.3 is 0 Å². The fourth-order valence-corrected chi connectivity index (χ4v) is 5.73. The molecule has 0 aliphatic carbocycles. The quantitative estimate of drug-likeness (QED) is 0.354. The van der Waals surface area contributed by atoms with Crippen LogP contribution in [0.3, 0.4) is 0 Å². The van der Waals surface area contributed by atoms with Crippen LogP contribution < -0.4 is 9.62 Å². The number of carbonyl (C=O) groups is 2. The second-order valence-corrected chi connectivity index (χ2v) is 12.3. The molecule has 0 spiro atoms. The number of hydrogen-bond donors (Lipinski definition) is 1. The summed E-state index contributed by atoms with van der Waals surface area (Å²) in [5, 5.41) is 3.40. The highest BCUT2D eigenvalue weighted by molar-refractivity contribution is 7.92. The van der Waals surface area contributed by atoms with E-state index in [-0.39, 0.29) is 23.4 Å². The molecular weight excluding hydrogens is 534 g/mol. The molecule has 0 radical (unpaired) electrons. The maximum Gasteiger partial charge on any atom is 0.264 e. The standard InChI is InChI=1S/C30H36ClN3O4S/c1-20(2)32-30(36)24(6)33(18-25-12-14-26(31)15-13-25)29(35)19-34(28-9-7-8-22(4)23(28)5)39(37,38)27-16-10-21(3)11-17-27/h7-17,20,24H,18-19H2,1-6H3,(H,32,36)/t24-/m1/s1. The third-order valence-corrected chi connectivity index (χ3v) is 8.62. The van der Waals surface area contributed by atoms with Crippen molar-refractivity contribution in [3.8, 4) is 0 Å². The minimum Gasteiger partial charge on any atom is -0.352 e. The number of amides is 2. The Balaban J connectivity index is 2.07. The van der Waals surface area contributed by atoms with Gasteiger partial charge in [0, 0.05) is 17.6 Å². The Labute approximate surface area is 236 Å². The molecule has 0 heterocycles. The van der Waals surface area contributed by atoms with E-state index in [0.29, 0.717) is 10.7 Å². The van der Waals surface area contributed by atoms with Gasteiger partial charge < -0.3 is 10.2 Å². The molecule has 208 valence electrons. The van der Waals surface area contributed by atoms with E-state index in [1.165, 1.54) is 17.0 Å². The van der Waals surface area contributed by atoms with Gasteiger partial charge in [-0.05, 0) is 88.6 Å². The molecule has 7 nitrogen and oxygen atoms in total. The van der Waals surface area contributed by atoms with Crippen molar-refractivity contribution >= 4 is 39.1 Å². The van der Waals surface area contributed by atoms with Crippen LogP contribution in [-0.4, -0.2) is 43.8 Å². The molecule has 0 fully saturated rings. The summed E-state index contributed by atoms with van der Waals surface area (Å²) in [5.74, 6) is -0.833. The van der Waals surface area contributed by atoms with Crippen LogP contribution in [0.5, 0.6) is 0 Å². The number of aryl methyl sites for hydroxylation is 2. The average molecular weight is 570 g/mol. The number of benzene rings is 3. The summed E-state index contributed by atoms with van der Waals surface area (Å²) in [6.45, 7) is 10.5. The minimum atomic E-state index is -4.11. The third kappa shape index (κ3) is 7.40. The van der Waals surface area contributed by atoms with Gasteiger partial charge in [-0.3, -0.25) is 13.9 Å². The molecule has 0 aromatic heterocycles. The number of nitrogens with one attached hydrogen (secondary N) is 1. The van der Waals surface area contributed by atoms with Crippen molar-refractivity contribution in [3.63, 3.8) is 0 Å². The largest absolute Gasteiger partial charge is 0.352 e. The summed E-state index contributed by atoms with van der Waals surface area (Å²) >= 11 is 6.05. The monoisotopic (exact) mass is 569 g/mol. The van der Waals surface area contributed by atoms with E-state index < -0.39 is 28.5 Å². The normalized spacial score (nSPS) is 12.2. The molecule has 1 N–H and O–H groups in total. The topological polar surface area (TPSA) is 86.8 Å². The highest BCUT2D eigenvalue weighted by Crippen LogP contribution is 2.29. The van der Waals surface area contributed by atoms with Crippen LogP contribution >= 0.6 is 11.6 Å². The zero-order valence-electron chi connectivity index (χ0n) is 23.2. The third-order valence-electron chi connectivity index (χ3n) is 6.60. The molecular formula is C30H36ClN3O4S. The van der Waals surface area contributed by atoms with Crippen molar-refractivity contribution in [3.05, 3.63) is 94.0 Å². The van der Waals surface area contributed by atoms with Crippen molar-refractivity contribution in [1.29, 1.82) is 0 Å². The Kier molecular flexibility index (Phi) is 9.80. The summed E-state index contributed by atoms with van der Waals surface area (Å²) in [7, 11) is -4.11. The van der Waals surface area contributed by atoms with E-state index in [0.717, 1.165) is 26.6 Å². The van der Waals surface area contributed by atoms with Gasteiger partial charge in [-0.25, -0.2) is 8.42 Å². The number of carbonyl (C=O) groups excluding carboxylic acids is 2. The maximum absolute atomic E-state index is 14.0. The van der Waals surface area contributed by atoms with Gasteiger partial charge in [0.15, 0.2) is 0 Å². The molecule has 3 aromatic rings. The highest BCUT2D eigenvalue weighted by atomic mass is 35.5. The molecule has 3 aromatic carbocycles. The fraction of sp³-hybridized carbons (Fsp3) is 0.333. The smallest absolute Gasteiger partial charge is 0.264 e. The van der Waals surface area contributed by atoms with Crippen LogP contribution in [-0.2, 0) is 26.2 Å². The number of rotatable bonds is 10.